The van der Waals surface area contributed by atoms with E-state index in [-0.39, 0.29) is 6.04 Å². The number of rotatable bonds is 2. The van der Waals surface area contributed by atoms with Crippen LogP contribution in [0.5, 0.6) is 0 Å². The Morgan fingerprint density at radius 3 is 3.05 bits per heavy atom. The van der Waals surface area contributed by atoms with Crippen molar-refractivity contribution in [1.82, 2.24) is 0 Å². The summed E-state index contributed by atoms with van der Waals surface area (Å²) in [7, 11) is 0. The summed E-state index contributed by atoms with van der Waals surface area (Å²) in [5, 5.41) is 7.03. The lowest BCUT2D eigenvalue weighted by molar-refractivity contribution is 0.0970. The molecule has 2 nitrogen and oxygen atoms in total. The highest BCUT2D eigenvalue weighted by atomic mass is 32.1. The third kappa shape index (κ3) is 2.09. The number of anilines is 1. The second-order valence-corrected chi connectivity index (χ2v) is 6.03. The van der Waals surface area contributed by atoms with Gasteiger partial charge in [0.05, 0.1) is 19.3 Å². The predicted octanol–water partition coefficient (Wildman–Crippen LogP) is 4.58. The van der Waals surface area contributed by atoms with Crippen LogP contribution in [-0.2, 0) is 11.3 Å². The fourth-order valence-electron chi connectivity index (χ4n) is 2.76. The molecular formula is C17H15NOS. The van der Waals surface area contributed by atoms with Crippen molar-refractivity contribution in [3.8, 4) is 0 Å². The molecular weight excluding hydrogens is 266 g/mol. The van der Waals surface area contributed by atoms with Gasteiger partial charge >= 0.3 is 0 Å². The molecule has 1 N–H and O–H groups in total. The predicted molar refractivity (Wildman–Crippen MR) is 84.3 cm³/mol. The zero-order valence-electron chi connectivity index (χ0n) is 11.0. The molecule has 0 amide bonds. The van der Waals surface area contributed by atoms with Crippen LogP contribution < -0.4 is 5.32 Å². The summed E-state index contributed by atoms with van der Waals surface area (Å²) >= 11 is 1.78. The van der Waals surface area contributed by atoms with Gasteiger partial charge in [0, 0.05) is 10.4 Å². The minimum absolute atomic E-state index is 0.232. The number of benzene rings is 2. The summed E-state index contributed by atoms with van der Waals surface area (Å²) in [6.45, 7) is 1.44. The molecule has 100 valence electrons. The van der Waals surface area contributed by atoms with Crippen molar-refractivity contribution in [2.24, 2.45) is 0 Å². The maximum Gasteiger partial charge on any atom is 0.0751 e. The fourth-order valence-corrected chi connectivity index (χ4v) is 3.53. The first-order valence-electron chi connectivity index (χ1n) is 6.79. The van der Waals surface area contributed by atoms with Crippen LogP contribution in [0.15, 0.2) is 53.9 Å². The molecule has 0 saturated carbocycles. The summed E-state index contributed by atoms with van der Waals surface area (Å²) in [5.74, 6) is 0. The van der Waals surface area contributed by atoms with Crippen LogP contribution in [-0.4, -0.2) is 6.61 Å². The minimum atomic E-state index is 0.232. The van der Waals surface area contributed by atoms with Crippen LogP contribution in [0.1, 0.15) is 17.2 Å². The van der Waals surface area contributed by atoms with Gasteiger partial charge in [-0.1, -0.05) is 24.3 Å². The van der Waals surface area contributed by atoms with Crippen LogP contribution in [0.4, 0.5) is 5.69 Å². The van der Waals surface area contributed by atoms with Crippen molar-refractivity contribution < 1.29 is 4.74 Å². The lowest BCUT2D eigenvalue weighted by Crippen LogP contribution is -2.23. The topological polar surface area (TPSA) is 21.3 Å². The zero-order chi connectivity index (χ0) is 13.4. The Bertz CT molecular complexity index is 749. The number of nitrogens with one attached hydrogen (secondary N) is 1. The van der Waals surface area contributed by atoms with E-state index in [1.54, 1.807) is 11.3 Å². The van der Waals surface area contributed by atoms with E-state index in [1.807, 2.05) is 0 Å². The van der Waals surface area contributed by atoms with Gasteiger partial charge in [-0.05, 0) is 46.2 Å². The van der Waals surface area contributed by atoms with Crippen LogP contribution in [0, 0.1) is 0 Å². The Labute approximate surface area is 122 Å². The average Bonchev–Trinajstić information content (AvgIpc) is 2.95. The molecule has 1 aliphatic heterocycles. The highest BCUT2D eigenvalue weighted by Gasteiger charge is 2.20. The van der Waals surface area contributed by atoms with Gasteiger partial charge in [-0.25, -0.2) is 0 Å². The monoisotopic (exact) mass is 281 g/mol. The smallest absolute Gasteiger partial charge is 0.0751 e. The van der Waals surface area contributed by atoms with E-state index in [2.05, 4.69) is 59.2 Å². The summed E-state index contributed by atoms with van der Waals surface area (Å²) in [5.41, 5.74) is 3.79. The number of ether oxygens (including phenoxy) is 1. The Morgan fingerprint density at radius 2 is 2.05 bits per heavy atom. The van der Waals surface area contributed by atoms with Crippen molar-refractivity contribution >= 4 is 27.1 Å². The first-order valence-corrected chi connectivity index (χ1v) is 7.67. The molecule has 3 heteroatoms. The normalized spacial score (nSPS) is 17.9. The molecule has 0 aliphatic carbocycles. The molecule has 3 aromatic rings. The van der Waals surface area contributed by atoms with Gasteiger partial charge in [-0.15, -0.1) is 11.3 Å². The second kappa shape index (κ2) is 4.93. The van der Waals surface area contributed by atoms with E-state index in [9.17, 15) is 0 Å². The summed E-state index contributed by atoms with van der Waals surface area (Å²) in [6, 6.07) is 17.4. The number of fused-ring (bicyclic) bond motifs is 2. The Hall–Kier alpha value is -1.84. The van der Waals surface area contributed by atoms with E-state index in [4.69, 9.17) is 4.74 Å². The van der Waals surface area contributed by atoms with E-state index in [0.29, 0.717) is 0 Å². The lowest BCUT2D eigenvalue weighted by Gasteiger charge is -2.27. The molecule has 1 unspecified atom stereocenters. The number of hydrogen-bond donors (Lipinski definition) is 1. The minimum Gasteiger partial charge on any atom is -0.376 e. The summed E-state index contributed by atoms with van der Waals surface area (Å²) < 4.78 is 7.02. The first-order chi connectivity index (χ1) is 9.90. The van der Waals surface area contributed by atoms with Gasteiger partial charge in [-0.2, -0.15) is 0 Å². The third-order valence-electron chi connectivity index (χ3n) is 3.77. The van der Waals surface area contributed by atoms with Crippen molar-refractivity contribution in [2.45, 2.75) is 12.6 Å². The highest BCUT2D eigenvalue weighted by molar-refractivity contribution is 7.17. The SMILES string of the molecule is c1ccc2c(c1)COCC2Nc1ccc2sccc2c1. The molecule has 2 heterocycles. The van der Waals surface area contributed by atoms with Crippen molar-refractivity contribution in [3.05, 3.63) is 65.0 Å². The van der Waals surface area contributed by atoms with E-state index >= 15 is 0 Å². The molecule has 0 spiro atoms. The third-order valence-corrected chi connectivity index (χ3v) is 4.66. The highest BCUT2D eigenvalue weighted by Crippen LogP contribution is 2.30. The maximum atomic E-state index is 5.69. The number of thiophene rings is 1. The van der Waals surface area contributed by atoms with Gasteiger partial charge < -0.3 is 10.1 Å². The van der Waals surface area contributed by atoms with E-state index < -0.39 is 0 Å². The van der Waals surface area contributed by atoms with Crippen molar-refractivity contribution in [1.29, 1.82) is 0 Å². The quantitative estimate of drug-likeness (QED) is 0.742. The van der Waals surface area contributed by atoms with Crippen LogP contribution >= 0.6 is 11.3 Å². The van der Waals surface area contributed by atoms with Crippen LogP contribution in [0.2, 0.25) is 0 Å². The molecule has 4 rings (SSSR count). The molecule has 0 bridgehead atoms. The van der Waals surface area contributed by atoms with Crippen LogP contribution in [0.3, 0.4) is 0 Å². The van der Waals surface area contributed by atoms with Crippen molar-refractivity contribution in [2.75, 3.05) is 11.9 Å². The molecule has 1 aromatic heterocycles. The molecule has 20 heavy (non-hydrogen) atoms. The molecule has 0 radical (unpaired) electrons. The molecule has 0 saturated heterocycles. The molecule has 1 aliphatic rings. The molecule has 1 atom stereocenters. The van der Waals surface area contributed by atoms with Gasteiger partial charge in [-0.3, -0.25) is 0 Å². The van der Waals surface area contributed by atoms with Crippen LogP contribution in [0.25, 0.3) is 10.1 Å². The maximum absolute atomic E-state index is 5.69. The summed E-state index contributed by atoms with van der Waals surface area (Å²) in [6.07, 6.45) is 0. The first kappa shape index (κ1) is 11.9. The molecule has 0 fully saturated rings. The van der Waals surface area contributed by atoms with E-state index in [1.165, 1.54) is 21.2 Å². The lowest BCUT2D eigenvalue weighted by atomic mass is 9.99. The Balaban J connectivity index is 1.66. The fraction of sp³-hybridized carbons (Fsp3) is 0.176. The molecule has 2 aromatic carbocycles. The van der Waals surface area contributed by atoms with Gasteiger partial charge in [0.1, 0.15) is 0 Å². The van der Waals surface area contributed by atoms with E-state index in [0.717, 1.165) is 18.9 Å². The largest absolute Gasteiger partial charge is 0.376 e. The average molecular weight is 281 g/mol. The van der Waals surface area contributed by atoms with Gasteiger partial charge in [0.25, 0.3) is 0 Å². The van der Waals surface area contributed by atoms with Gasteiger partial charge in [0.2, 0.25) is 0 Å². The standard InChI is InChI=1S/C17H15NOS/c1-2-4-15-13(3-1)10-19-11-16(15)18-14-5-6-17-12(9-14)7-8-20-17/h1-9,16,18H,10-11H2. The Morgan fingerprint density at radius 1 is 1.10 bits per heavy atom. The van der Waals surface area contributed by atoms with Crippen molar-refractivity contribution in [3.63, 3.8) is 0 Å². The second-order valence-electron chi connectivity index (χ2n) is 5.08. The zero-order valence-corrected chi connectivity index (χ0v) is 11.8. The van der Waals surface area contributed by atoms with Gasteiger partial charge in [0.15, 0.2) is 0 Å². The summed E-state index contributed by atoms with van der Waals surface area (Å²) in [4.78, 5) is 0. The Kier molecular flexibility index (Phi) is 2.94. The number of hydrogen-bond acceptors (Lipinski definition) is 3.